The molecule has 1 heterocycles. The summed E-state index contributed by atoms with van der Waals surface area (Å²) < 4.78 is 4.70. The van der Waals surface area contributed by atoms with E-state index in [1.807, 2.05) is 0 Å². The molecule has 0 radical (unpaired) electrons. The Morgan fingerprint density at radius 1 is 1.30 bits per heavy atom. The molecular weight excluding hydrogens is 294 g/mol. The van der Waals surface area contributed by atoms with Crippen LogP contribution in [0.5, 0.6) is 0 Å². The van der Waals surface area contributed by atoms with Gasteiger partial charge in [0.1, 0.15) is 0 Å². The van der Waals surface area contributed by atoms with Gasteiger partial charge in [-0.3, -0.25) is 0 Å². The fourth-order valence-electron chi connectivity index (χ4n) is 1.80. The molecule has 0 bridgehead atoms. The van der Waals surface area contributed by atoms with E-state index in [1.54, 1.807) is 29.5 Å². The largest absolute Gasteiger partial charge is 0.465 e. The lowest BCUT2D eigenvalue weighted by Crippen LogP contribution is -2.04. The maximum atomic E-state index is 11.5. The molecule has 2 aromatic rings. The number of thiophene rings is 1. The first kappa shape index (κ1) is 14.9. The number of benzene rings is 1. The Morgan fingerprint density at radius 3 is 2.70 bits per heavy atom. The minimum atomic E-state index is -0.367. The Hall–Kier alpha value is -1.52. The van der Waals surface area contributed by atoms with Gasteiger partial charge in [0.15, 0.2) is 0 Å². The molecule has 0 unspecified atom stereocenters. The summed E-state index contributed by atoms with van der Waals surface area (Å²) in [5.74, 6) is -0.367. The Balaban J connectivity index is 2.10. The molecule has 1 N–H and O–H groups in total. The van der Waals surface area contributed by atoms with Gasteiger partial charge in [0.2, 0.25) is 0 Å². The van der Waals surface area contributed by atoms with Crippen LogP contribution in [-0.2, 0) is 17.7 Å². The van der Waals surface area contributed by atoms with Gasteiger partial charge in [0.05, 0.1) is 23.4 Å². The van der Waals surface area contributed by atoms with Crippen molar-refractivity contribution < 1.29 is 9.53 Å². The Kier molecular flexibility index (Phi) is 5.04. The molecule has 1 aromatic heterocycles. The van der Waals surface area contributed by atoms with Gasteiger partial charge in [-0.05, 0) is 36.8 Å². The molecule has 0 aliphatic rings. The molecule has 2 rings (SSSR count). The molecule has 0 saturated heterocycles. The van der Waals surface area contributed by atoms with E-state index in [4.69, 9.17) is 16.3 Å². The highest BCUT2D eigenvalue weighted by Gasteiger charge is 2.09. The first-order chi connectivity index (χ1) is 9.63. The number of ether oxygens (including phenoxy) is 1. The van der Waals surface area contributed by atoms with Crippen LogP contribution < -0.4 is 5.32 Å². The maximum Gasteiger partial charge on any atom is 0.337 e. The topological polar surface area (TPSA) is 38.3 Å². The summed E-state index contributed by atoms with van der Waals surface area (Å²) in [6.07, 6.45) is 1.04. The molecule has 106 valence electrons. The molecular formula is C15H16ClNO2S. The number of aryl methyl sites for hydroxylation is 1. The molecule has 0 fully saturated rings. The summed E-state index contributed by atoms with van der Waals surface area (Å²) in [6, 6.07) is 9.30. The van der Waals surface area contributed by atoms with Crippen molar-refractivity contribution in [2.24, 2.45) is 0 Å². The van der Waals surface area contributed by atoms with Crippen LogP contribution in [0.1, 0.15) is 27.0 Å². The van der Waals surface area contributed by atoms with Gasteiger partial charge < -0.3 is 10.1 Å². The third kappa shape index (κ3) is 3.52. The van der Waals surface area contributed by atoms with Gasteiger partial charge >= 0.3 is 5.97 Å². The predicted molar refractivity (Wildman–Crippen MR) is 83.8 cm³/mol. The van der Waals surface area contributed by atoms with Crippen LogP contribution in [-0.4, -0.2) is 13.1 Å². The normalized spacial score (nSPS) is 10.3. The van der Waals surface area contributed by atoms with Crippen LogP contribution in [0.15, 0.2) is 30.3 Å². The van der Waals surface area contributed by atoms with Crippen LogP contribution in [0.2, 0.25) is 5.02 Å². The zero-order valence-electron chi connectivity index (χ0n) is 11.4. The summed E-state index contributed by atoms with van der Waals surface area (Å²) >= 11 is 7.91. The van der Waals surface area contributed by atoms with Crippen LogP contribution in [0.4, 0.5) is 5.69 Å². The third-order valence-electron chi connectivity index (χ3n) is 2.91. The van der Waals surface area contributed by atoms with Crippen LogP contribution in [0, 0.1) is 0 Å². The van der Waals surface area contributed by atoms with E-state index in [2.05, 4.69) is 24.4 Å². The summed E-state index contributed by atoms with van der Waals surface area (Å²) in [7, 11) is 1.36. The van der Waals surface area contributed by atoms with E-state index >= 15 is 0 Å². The van der Waals surface area contributed by atoms with Gasteiger partial charge in [-0.1, -0.05) is 18.5 Å². The molecule has 3 nitrogen and oxygen atoms in total. The highest BCUT2D eigenvalue weighted by atomic mass is 35.5. The van der Waals surface area contributed by atoms with Gasteiger partial charge in [0, 0.05) is 16.3 Å². The number of halogens is 1. The van der Waals surface area contributed by atoms with Crippen molar-refractivity contribution in [3.8, 4) is 0 Å². The van der Waals surface area contributed by atoms with Crippen molar-refractivity contribution in [2.45, 2.75) is 19.9 Å². The molecule has 20 heavy (non-hydrogen) atoms. The second-order valence-electron chi connectivity index (χ2n) is 4.26. The number of methoxy groups -OCH3 is 1. The Labute approximate surface area is 127 Å². The third-order valence-corrected chi connectivity index (χ3v) is 4.47. The fraction of sp³-hybridized carbons (Fsp3) is 0.267. The molecule has 0 aliphatic carbocycles. The van der Waals surface area contributed by atoms with Gasteiger partial charge in [-0.2, -0.15) is 0 Å². The molecule has 0 spiro atoms. The lowest BCUT2D eigenvalue weighted by Gasteiger charge is -2.09. The van der Waals surface area contributed by atoms with E-state index in [0.29, 0.717) is 17.1 Å². The van der Waals surface area contributed by atoms with Crippen LogP contribution in [0.3, 0.4) is 0 Å². The number of hydrogen-bond donors (Lipinski definition) is 1. The summed E-state index contributed by atoms with van der Waals surface area (Å²) in [6.45, 7) is 2.83. The van der Waals surface area contributed by atoms with E-state index in [0.717, 1.165) is 12.1 Å². The maximum absolute atomic E-state index is 11.5. The number of hydrogen-bond acceptors (Lipinski definition) is 4. The second kappa shape index (κ2) is 6.77. The summed E-state index contributed by atoms with van der Waals surface area (Å²) in [4.78, 5) is 14.1. The van der Waals surface area contributed by atoms with Crippen molar-refractivity contribution in [3.63, 3.8) is 0 Å². The number of carbonyl (C=O) groups is 1. The number of carbonyl (C=O) groups excluding carboxylic acids is 1. The first-order valence-corrected chi connectivity index (χ1v) is 7.52. The van der Waals surface area contributed by atoms with E-state index in [9.17, 15) is 4.79 Å². The molecule has 5 heteroatoms. The lowest BCUT2D eigenvalue weighted by molar-refractivity contribution is 0.0601. The molecule has 0 amide bonds. The highest BCUT2D eigenvalue weighted by Crippen LogP contribution is 2.25. The van der Waals surface area contributed by atoms with Crippen molar-refractivity contribution in [2.75, 3.05) is 12.4 Å². The van der Waals surface area contributed by atoms with Crippen molar-refractivity contribution in [3.05, 3.63) is 50.7 Å². The summed E-state index contributed by atoms with van der Waals surface area (Å²) in [5, 5.41) is 3.84. The van der Waals surface area contributed by atoms with Gasteiger partial charge in [-0.15, -0.1) is 11.3 Å². The SMILES string of the molecule is CCc1ccc(CNc2cc(C(=O)OC)ccc2Cl)s1. The molecule has 0 aliphatic heterocycles. The zero-order chi connectivity index (χ0) is 14.5. The van der Waals surface area contributed by atoms with Gasteiger partial charge in [0.25, 0.3) is 0 Å². The average molecular weight is 310 g/mol. The second-order valence-corrected chi connectivity index (χ2v) is 5.92. The number of rotatable bonds is 5. The predicted octanol–water partition coefficient (Wildman–Crippen LogP) is 4.36. The van der Waals surface area contributed by atoms with E-state index < -0.39 is 0 Å². The number of anilines is 1. The number of esters is 1. The molecule has 0 saturated carbocycles. The lowest BCUT2D eigenvalue weighted by atomic mass is 10.2. The Morgan fingerprint density at radius 2 is 2.05 bits per heavy atom. The van der Waals surface area contributed by atoms with E-state index in [-0.39, 0.29) is 5.97 Å². The standard InChI is InChI=1S/C15H16ClNO2S/c1-3-11-5-6-12(20-11)9-17-14-8-10(15(18)19-2)4-7-13(14)16/h4-8,17H,3,9H2,1-2H3. The minimum Gasteiger partial charge on any atom is -0.465 e. The minimum absolute atomic E-state index is 0.367. The van der Waals surface area contributed by atoms with Crippen molar-refractivity contribution >= 4 is 34.6 Å². The van der Waals surface area contributed by atoms with Crippen molar-refractivity contribution in [1.82, 2.24) is 0 Å². The highest BCUT2D eigenvalue weighted by molar-refractivity contribution is 7.12. The summed E-state index contributed by atoms with van der Waals surface area (Å²) in [5.41, 5.74) is 1.22. The molecule has 1 aromatic carbocycles. The monoisotopic (exact) mass is 309 g/mol. The van der Waals surface area contributed by atoms with Crippen LogP contribution >= 0.6 is 22.9 Å². The zero-order valence-corrected chi connectivity index (χ0v) is 13.0. The van der Waals surface area contributed by atoms with Crippen LogP contribution in [0.25, 0.3) is 0 Å². The average Bonchev–Trinajstić information content (AvgIpc) is 2.93. The van der Waals surface area contributed by atoms with Gasteiger partial charge in [-0.25, -0.2) is 4.79 Å². The van der Waals surface area contributed by atoms with Crippen molar-refractivity contribution in [1.29, 1.82) is 0 Å². The Bertz CT molecular complexity index is 610. The molecule has 0 atom stereocenters. The first-order valence-electron chi connectivity index (χ1n) is 6.33. The quantitative estimate of drug-likeness (QED) is 0.834. The number of nitrogens with one attached hydrogen (secondary N) is 1. The van der Waals surface area contributed by atoms with E-state index in [1.165, 1.54) is 16.9 Å². The fourth-order valence-corrected chi connectivity index (χ4v) is 2.88. The smallest absolute Gasteiger partial charge is 0.337 e.